The van der Waals surface area contributed by atoms with Gasteiger partial charge in [0.2, 0.25) is 11.8 Å². The van der Waals surface area contributed by atoms with E-state index in [-0.39, 0.29) is 17.7 Å². The van der Waals surface area contributed by atoms with Crippen molar-refractivity contribution in [1.82, 2.24) is 15.1 Å². The fraction of sp³-hybridized carbons (Fsp3) is 0.357. The standard InChI is InChI=1S/C14H15N3O2/c1-8-4-3-5-9-12(16-17(2)13(8)9)10-6-7-11(18)15-14(10)19/h3-5,10H,6-7H2,1-2H3,(H,15,18,19). The van der Waals surface area contributed by atoms with Gasteiger partial charge in [0.1, 0.15) is 0 Å². The monoisotopic (exact) mass is 257 g/mol. The van der Waals surface area contributed by atoms with Crippen molar-refractivity contribution in [3.8, 4) is 0 Å². The third-order valence-corrected chi connectivity index (χ3v) is 3.66. The van der Waals surface area contributed by atoms with Crippen LogP contribution in [0.2, 0.25) is 0 Å². The zero-order chi connectivity index (χ0) is 13.6. The second kappa shape index (κ2) is 4.19. The molecule has 1 aromatic carbocycles. The molecule has 0 saturated carbocycles. The van der Waals surface area contributed by atoms with E-state index in [1.54, 1.807) is 0 Å². The van der Waals surface area contributed by atoms with Crippen LogP contribution in [0.15, 0.2) is 18.2 Å². The molecule has 0 radical (unpaired) electrons. The molecule has 1 fully saturated rings. The Morgan fingerprint density at radius 1 is 1.37 bits per heavy atom. The average Bonchev–Trinajstić information content (AvgIpc) is 2.68. The van der Waals surface area contributed by atoms with E-state index < -0.39 is 0 Å². The summed E-state index contributed by atoms with van der Waals surface area (Å²) in [7, 11) is 1.88. The normalized spacial score (nSPS) is 19.8. The van der Waals surface area contributed by atoms with Crippen LogP contribution in [0.25, 0.3) is 10.9 Å². The number of rotatable bonds is 1. The molecule has 5 heteroatoms. The number of hydrogen-bond acceptors (Lipinski definition) is 3. The minimum absolute atomic E-state index is 0.197. The molecule has 2 heterocycles. The van der Waals surface area contributed by atoms with Crippen molar-refractivity contribution in [2.45, 2.75) is 25.7 Å². The number of hydrogen-bond donors (Lipinski definition) is 1. The van der Waals surface area contributed by atoms with Gasteiger partial charge in [-0.05, 0) is 18.9 Å². The first kappa shape index (κ1) is 11.9. The number of piperidine rings is 1. The molecule has 2 aromatic rings. The van der Waals surface area contributed by atoms with E-state index in [1.165, 1.54) is 0 Å². The summed E-state index contributed by atoms with van der Waals surface area (Å²) in [6.45, 7) is 2.03. The summed E-state index contributed by atoms with van der Waals surface area (Å²) in [5.74, 6) is -0.765. The van der Waals surface area contributed by atoms with Crippen LogP contribution in [0.1, 0.15) is 30.0 Å². The van der Waals surface area contributed by atoms with E-state index in [1.807, 2.05) is 36.9 Å². The van der Waals surface area contributed by atoms with Crippen molar-refractivity contribution in [3.05, 3.63) is 29.5 Å². The van der Waals surface area contributed by atoms with E-state index >= 15 is 0 Å². The molecule has 1 aliphatic rings. The van der Waals surface area contributed by atoms with Gasteiger partial charge in [-0.25, -0.2) is 0 Å². The van der Waals surface area contributed by atoms with Gasteiger partial charge in [-0.2, -0.15) is 5.10 Å². The zero-order valence-electron chi connectivity index (χ0n) is 10.9. The number of carbonyl (C=O) groups excluding carboxylic acids is 2. The van der Waals surface area contributed by atoms with E-state index in [0.29, 0.717) is 12.8 Å². The molecule has 1 atom stereocenters. The topological polar surface area (TPSA) is 64.0 Å². The van der Waals surface area contributed by atoms with Crippen LogP contribution in [0.4, 0.5) is 0 Å². The molecule has 0 bridgehead atoms. The Balaban J connectivity index is 2.13. The fourth-order valence-corrected chi connectivity index (χ4v) is 2.77. The Morgan fingerprint density at radius 3 is 2.89 bits per heavy atom. The Bertz CT molecular complexity index is 687. The van der Waals surface area contributed by atoms with E-state index in [9.17, 15) is 9.59 Å². The summed E-state index contributed by atoms with van der Waals surface area (Å²) >= 11 is 0. The summed E-state index contributed by atoms with van der Waals surface area (Å²) in [5.41, 5.74) is 2.94. The third-order valence-electron chi connectivity index (χ3n) is 3.66. The molecule has 1 saturated heterocycles. The Morgan fingerprint density at radius 2 is 2.16 bits per heavy atom. The summed E-state index contributed by atoms with van der Waals surface area (Å²) in [6.07, 6.45) is 0.908. The summed E-state index contributed by atoms with van der Waals surface area (Å²) < 4.78 is 1.81. The molecule has 1 N–H and O–H groups in total. The molecule has 1 aliphatic heterocycles. The van der Waals surface area contributed by atoms with Crippen LogP contribution >= 0.6 is 0 Å². The number of aryl methyl sites for hydroxylation is 2. The minimum Gasteiger partial charge on any atom is -0.296 e. The van der Waals surface area contributed by atoms with Gasteiger partial charge in [0.15, 0.2) is 0 Å². The highest BCUT2D eigenvalue weighted by Gasteiger charge is 2.31. The zero-order valence-corrected chi connectivity index (χ0v) is 10.9. The number of aromatic nitrogens is 2. The number of imide groups is 1. The molecule has 98 valence electrons. The molecule has 0 aliphatic carbocycles. The van der Waals surface area contributed by atoms with Crippen molar-refractivity contribution in [3.63, 3.8) is 0 Å². The van der Waals surface area contributed by atoms with Crippen molar-refractivity contribution >= 4 is 22.7 Å². The molecule has 1 unspecified atom stereocenters. The smallest absolute Gasteiger partial charge is 0.235 e. The van der Waals surface area contributed by atoms with Crippen LogP contribution < -0.4 is 5.32 Å². The van der Waals surface area contributed by atoms with Crippen molar-refractivity contribution in [2.24, 2.45) is 7.05 Å². The van der Waals surface area contributed by atoms with Gasteiger partial charge in [-0.3, -0.25) is 19.6 Å². The molecule has 5 nitrogen and oxygen atoms in total. The van der Waals surface area contributed by atoms with E-state index in [2.05, 4.69) is 10.4 Å². The minimum atomic E-state index is -0.330. The lowest BCUT2D eigenvalue weighted by Crippen LogP contribution is -2.39. The van der Waals surface area contributed by atoms with Crippen molar-refractivity contribution in [2.75, 3.05) is 0 Å². The average molecular weight is 257 g/mol. The van der Waals surface area contributed by atoms with Gasteiger partial charge in [-0.15, -0.1) is 0 Å². The number of para-hydroxylation sites is 1. The predicted octanol–water partition coefficient (Wildman–Crippen LogP) is 1.40. The number of fused-ring (bicyclic) bond motifs is 1. The van der Waals surface area contributed by atoms with Crippen LogP contribution in [-0.4, -0.2) is 21.6 Å². The highest BCUT2D eigenvalue weighted by molar-refractivity contribution is 6.02. The number of carbonyl (C=O) groups is 2. The van der Waals surface area contributed by atoms with Gasteiger partial charge in [-0.1, -0.05) is 18.2 Å². The highest BCUT2D eigenvalue weighted by Crippen LogP contribution is 2.31. The predicted molar refractivity (Wildman–Crippen MR) is 70.6 cm³/mol. The number of nitrogens with zero attached hydrogens (tertiary/aromatic N) is 2. The van der Waals surface area contributed by atoms with Crippen LogP contribution in [-0.2, 0) is 16.6 Å². The second-order valence-electron chi connectivity index (χ2n) is 4.98. The molecule has 0 spiro atoms. The first-order valence-corrected chi connectivity index (χ1v) is 6.34. The Kier molecular flexibility index (Phi) is 2.62. The summed E-state index contributed by atoms with van der Waals surface area (Å²) in [4.78, 5) is 23.2. The van der Waals surface area contributed by atoms with Crippen LogP contribution in [0.5, 0.6) is 0 Å². The molecule has 19 heavy (non-hydrogen) atoms. The molecular formula is C14H15N3O2. The van der Waals surface area contributed by atoms with Crippen LogP contribution in [0.3, 0.4) is 0 Å². The van der Waals surface area contributed by atoms with Gasteiger partial charge in [0.25, 0.3) is 0 Å². The molecule has 1 aromatic heterocycles. The number of nitrogens with one attached hydrogen (secondary N) is 1. The van der Waals surface area contributed by atoms with Crippen LogP contribution in [0, 0.1) is 6.92 Å². The molecule has 2 amide bonds. The second-order valence-corrected chi connectivity index (χ2v) is 4.98. The lowest BCUT2D eigenvalue weighted by molar-refractivity contribution is -0.134. The summed E-state index contributed by atoms with van der Waals surface area (Å²) in [5, 5.41) is 7.88. The van der Waals surface area contributed by atoms with E-state index in [0.717, 1.165) is 22.2 Å². The lowest BCUT2D eigenvalue weighted by atomic mass is 9.92. The summed E-state index contributed by atoms with van der Waals surface area (Å²) in [6, 6.07) is 5.97. The molecular weight excluding hydrogens is 242 g/mol. The van der Waals surface area contributed by atoms with Gasteiger partial charge in [0.05, 0.1) is 17.1 Å². The van der Waals surface area contributed by atoms with Gasteiger partial charge in [0, 0.05) is 18.9 Å². The number of benzene rings is 1. The maximum atomic E-state index is 12.0. The fourth-order valence-electron chi connectivity index (χ4n) is 2.77. The lowest BCUT2D eigenvalue weighted by Gasteiger charge is -2.19. The number of amides is 2. The molecule has 3 rings (SSSR count). The van der Waals surface area contributed by atoms with Gasteiger partial charge >= 0.3 is 0 Å². The first-order chi connectivity index (χ1) is 9.08. The quantitative estimate of drug-likeness (QED) is 0.785. The van der Waals surface area contributed by atoms with Crippen molar-refractivity contribution in [1.29, 1.82) is 0 Å². The highest BCUT2D eigenvalue weighted by atomic mass is 16.2. The largest absolute Gasteiger partial charge is 0.296 e. The van der Waals surface area contributed by atoms with Crippen molar-refractivity contribution < 1.29 is 9.59 Å². The van der Waals surface area contributed by atoms with E-state index in [4.69, 9.17) is 0 Å². The Labute approximate surface area is 110 Å². The first-order valence-electron chi connectivity index (χ1n) is 6.34. The maximum Gasteiger partial charge on any atom is 0.235 e. The SMILES string of the molecule is Cc1cccc2c(C3CCC(=O)NC3=O)nn(C)c12. The van der Waals surface area contributed by atoms with Gasteiger partial charge < -0.3 is 0 Å². The Hall–Kier alpha value is -2.17. The maximum absolute atomic E-state index is 12.0. The third kappa shape index (κ3) is 1.82.